The molecule has 0 amide bonds. The Hall–Kier alpha value is -0.780. The first-order valence-electron chi connectivity index (χ1n) is 7.07. The van der Waals surface area contributed by atoms with E-state index in [0.717, 1.165) is 33.6 Å². The maximum absolute atomic E-state index is 6.07. The SMILES string of the molecule is CC[n+]1c(-c2ccc(Cl)cc2)csc1Nc1cc(Cl)cc(Cl)c1.[Br-]. The van der Waals surface area contributed by atoms with Gasteiger partial charge in [0.1, 0.15) is 11.4 Å². The molecule has 0 aliphatic rings. The molecule has 0 bridgehead atoms. The maximum Gasteiger partial charge on any atom is 0.339 e. The molecule has 1 heterocycles. The number of aromatic nitrogens is 1. The van der Waals surface area contributed by atoms with Gasteiger partial charge >= 0.3 is 5.13 Å². The Labute approximate surface area is 170 Å². The zero-order valence-corrected chi connectivity index (χ0v) is 17.4. The third-order valence-electron chi connectivity index (χ3n) is 3.39. The predicted molar refractivity (Wildman–Crippen MR) is 100 cm³/mol. The van der Waals surface area contributed by atoms with Gasteiger partial charge in [-0.2, -0.15) is 0 Å². The molecule has 1 aromatic heterocycles. The second-order valence-electron chi connectivity index (χ2n) is 4.96. The van der Waals surface area contributed by atoms with Crippen molar-refractivity contribution < 1.29 is 21.5 Å². The standard InChI is InChI=1S/C17H13Cl3N2S.BrH/c1-2-22-16(11-3-5-12(18)6-4-11)10-23-17(22)21-15-8-13(19)7-14(20)9-15;/h3-10H,2H2,1H3;1H. The van der Waals surface area contributed by atoms with Crippen LogP contribution in [0.2, 0.25) is 15.1 Å². The maximum atomic E-state index is 6.07. The third-order valence-corrected chi connectivity index (χ3v) is 4.96. The molecule has 0 fully saturated rings. The quantitative estimate of drug-likeness (QED) is 0.585. The Morgan fingerprint density at radius 3 is 2.17 bits per heavy atom. The molecular weight excluding hydrogens is 451 g/mol. The highest BCUT2D eigenvalue weighted by atomic mass is 79.9. The average molecular weight is 465 g/mol. The van der Waals surface area contributed by atoms with E-state index in [0.29, 0.717) is 10.0 Å². The molecule has 24 heavy (non-hydrogen) atoms. The van der Waals surface area contributed by atoms with E-state index >= 15 is 0 Å². The lowest BCUT2D eigenvalue weighted by atomic mass is 10.2. The highest BCUT2D eigenvalue weighted by molar-refractivity contribution is 7.13. The van der Waals surface area contributed by atoms with E-state index in [9.17, 15) is 0 Å². The number of rotatable bonds is 4. The van der Waals surface area contributed by atoms with Crippen LogP contribution < -0.4 is 26.9 Å². The molecular formula is C17H14BrCl3N2S. The Kier molecular flexibility index (Phi) is 6.96. The molecule has 0 spiro atoms. The van der Waals surface area contributed by atoms with Crippen LogP contribution in [-0.2, 0) is 6.54 Å². The lowest BCUT2D eigenvalue weighted by molar-refractivity contribution is -0.664. The normalized spacial score (nSPS) is 10.3. The van der Waals surface area contributed by atoms with Crippen LogP contribution in [0.25, 0.3) is 11.3 Å². The van der Waals surface area contributed by atoms with E-state index in [1.807, 2.05) is 36.4 Å². The van der Waals surface area contributed by atoms with Gasteiger partial charge in [0, 0.05) is 38.1 Å². The molecule has 0 saturated carbocycles. The largest absolute Gasteiger partial charge is 1.00 e. The molecule has 1 N–H and O–H groups in total. The van der Waals surface area contributed by atoms with Crippen LogP contribution in [0.15, 0.2) is 47.8 Å². The number of benzene rings is 2. The van der Waals surface area contributed by atoms with Gasteiger partial charge < -0.3 is 17.0 Å². The number of hydrogen-bond donors (Lipinski definition) is 1. The fourth-order valence-electron chi connectivity index (χ4n) is 2.35. The van der Waals surface area contributed by atoms with Crippen LogP contribution >= 0.6 is 46.1 Å². The summed E-state index contributed by atoms with van der Waals surface area (Å²) in [6.07, 6.45) is 0. The number of halogens is 4. The highest BCUT2D eigenvalue weighted by Crippen LogP contribution is 2.29. The summed E-state index contributed by atoms with van der Waals surface area (Å²) in [5.41, 5.74) is 3.14. The Morgan fingerprint density at radius 2 is 1.58 bits per heavy atom. The minimum Gasteiger partial charge on any atom is -1.00 e. The van der Waals surface area contributed by atoms with Gasteiger partial charge in [-0.15, -0.1) is 0 Å². The van der Waals surface area contributed by atoms with E-state index in [1.54, 1.807) is 17.4 Å². The van der Waals surface area contributed by atoms with Gasteiger partial charge in [-0.05, 0) is 37.3 Å². The van der Waals surface area contributed by atoms with Crippen molar-refractivity contribution in [3.8, 4) is 11.3 Å². The summed E-state index contributed by atoms with van der Waals surface area (Å²) in [6, 6.07) is 13.3. The van der Waals surface area contributed by atoms with Crippen molar-refractivity contribution in [1.29, 1.82) is 0 Å². The van der Waals surface area contributed by atoms with Crippen molar-refractivity contribution >= 4 is 57.0 Å². The summed E-state index contributed by atoms with van der Waals surface area (Å²) < 4.78 is 2.21. The van der Waals surface area contributed by atoms with Gasteiger partial charge in [0.2, 0.25) is 0 Å². The summed E-state index contributed by atoms with van der Waals surface area (Å²) in [4.78, 5) is 0. The second-order valence-corrected chi connectivity index (χ2v) is 7.13. The number of thiazole rings is 1. The summed E-state index contributed by atoms with van der Waals surface area (Å²) >= 11 is 19.7. The van der Waals surface area contributed by atoms with Gasteiger partial charge in [0.15, 0.2) is 0 Å². The summed E-state index contributed by atoms with van der Waals surface area (Å²) in [7, 11) is 0. The Bertz CT molecular complexity index is 814. The van der Waals surface area contributed by atoms with Gasteiger partial charge in [-0.3, -0.25) is 0 Å². The number of nitrogens with zero attached hydrogens (tertiary/aromatic N) is 1. The van der Waals surface area contributed by atoms with Crippen LogP contribution in [-0.4, -0.2) is 0 Å². The van der Waals surface area contributed by atoms with Crippen molar-refractivity contribution in [1.82, 2.24) is 0 Å². The molecule has 126 valence electrons. The van der Waals surface area contributed by atoms with Crippen LogP contribution in [0.1, 0.15) is 6.92 Å². The first kappa shape index (κ1) is 19.5. The minimum absolute atomic E-state index is 0. The van der Waals surface area contributed by atoms with E-state index in [1.165, 1.54) is 0 Å². The molecule has 3 rings (SSSR count). The Morgan fingerprint density at radius 1 is 0.958 bits per heavy atom. The summed E-state index contributed by atoms with van der Waals surface area (Å²) in [5.74, 6) is 0. The van der Waals surface area contributed by atoms with E-state index in [4.69, 9.17) is 34.8 Å². The topological polar surface area (TPSA) is 15.9 Å². The molecule has 0 atom stereocenters. The summed E-state index contributed by atoms with van der Waals surface area (Å²) in [5, 5.41) is 8.50. The van der Waals surface area contributed by atoms with Crippen molar-refractivity contribution in [2.24, 2.45) is 0 Å². The van der Waals surface area contributed by atoms with Crippen LogP contribution in [0, 0.1) is 0 Å². The zero-order valence-electron chi connectivity index (χ0n) is 12.7. The van der Waals surface area contributed by atoms with Crippen LogP contribution in [0.4, 0.5) is 10.8 Å². The molecule has 0 radical (unpaired) electrons. The third kappa shape index (κ3) is 4.44. The monoisotopic (exact) mass is 462 g/mol. The zero-order chi connectivity index (χ0) is 16.4. The number of nitrogens with one attached hydrogen (secondary N) is 1. The highest BCUT2D eigenvalue weighted by Gasteiger charge is 2.18. The van der Waals surface area contributed by atoms with Crippen LogP contribution in [0.5, 0.6) is 0 Å². The average Bonchev–Trinajstić information content (AvgIpc) is 2.89. The van der Waals surface area contributed by atoms with E-state index in [-0.39, 0.29) is 17.0 Å². The molecule has 2 nitrogen and oxygen atoms in total. The number of anilines is 2. The van der Waals surface area contributed by atoms with Gasteiger partial charge in [-0.25, -0.2) is 9.88 Å². The predicted octanol–water partition coefficient (Wildman–Crippen LogP) is 3.43. The molecule has 7 heteroatoms. The van der Waals surface area contributed by atoms with Crippen molar-refractivity contribution in [2.75, 3.05) is 5.32 Å². The van der Waals surface area contributed by atoms with Crippen molar-refractivity contribution in [3.63, 3.8) is 0 Å². The fraction of sp³-hybridized carbons (Fsp3) is 0.118. The first-order valence-corrected chi connectivity index (χ1v) is 9.08. The lowest BCUT2D eigenvalue weighted by Crippen LogP contribution is -3.00. The van der Waals surface area contributed by atoms with Crippen LogP contribution in [0.3, 0.4) is 0 Å². The van der Waals surface area contributed by atoms with Gasteiger partial charge in [0.25, 0.3) is 0 Å². The van der Waals surface area contributed by atoms with Crippen molar-refractivity contribution in [2.45, 2.75) is 13.5 Å². The Balaban J connectivity index is 0.00000208. The molecule has 0 saturated heterocycles. The first-order chi connectivity index (χ1) is 11.1. The van der Waals surface area contributed by atoms with E-state index in [2.05, 4.69) is 22.2 Å². The smallest absolute Gasteiger partial charge is 0.339 e. The van der Waals surface area contributed by atoms with Crippen molar-refractivity contribution in [3.05, 3.63) is 62.9 Å². The molecule has 0 aliphatic carbocycles. The molecule has 2 aromatic carbocycles. The lowest BCUT2D eigenvalue weighted by Gasteiger charge is -2.05. The number of hydrogen-bond acceptors (Lipinski definition) is 2. The van der Waals surface area contributed by atoms with E-state index < -0.39 is 0 Å². The minimum atomic E-state index is 0. The molecule has 3 aromatic rings. The molecule has 0 aliphatic heterocycles. The fourth-order valence-corrected chi connectivity index (χ4v) is 4.02. The van der Waals surface area contributed by atoms with Gasteiger partial charge in [0.05, 0.1) is 6.54 Å². The second kappa shape index (κ2) is 8.54. The summed E-state index contributed by atoms with van der Waals surface area (Å²) in [6.45, 7) is 2.96. The molecule has 0 unspecified atom stereocenters. The van der Waals surface area contributed by atoms with Gasteiger partial charge in [-0.1, -0.05) is 46.1 Å².